The van der Waals surface area contributed by atoms with Gasteiger partial charge in [-0.3, -0.25) is 10.1 Å². The number of carbonyl (C=O) groups excluding carboxylic acids is 1. The highest BCUT2D eigenvalue weighted by atomic mass is 35.5. The summed E-state index contributed by atoms with van der Waals surface area (Å²) in [4.78, 5) is 15.8. The number of carbonyl (C=O) groups is 1. The monoisotopic (exact) mass is 627 g/mol. The third-order valence-corrected chi connectivity index (χ3v) is 11.5. The van der Waals surface area contributed by atoms with Crippen molar-refractivity contribution in [3.8, 4) is 5.75 Å². The van der Waals surface area contributed by atoms with Crippen LogP contribution < -0.4 is 19.7 Å². The zero-order valence-electron chi connectivity index (χ0n) is 24.7. The van der Waals surface area contributed by atoms with Gasteiger partial charge in [-0.2, -0.15) is 0 Å². The molecule has 3 N–H and O–H groups in total. The molecule has 0 radical (unpaired) electrons. The fourth-order valence-electron chi connectivity index (χ4n) is 6.63. The summed E-state index contributed by atoms with van der Waals surface area (Å²) in [6.07, 6.45) is 10.2. The summed E-state index contributed by atoms with van der Waals surface area (Å²) in [5.41, 5.74) is 3.29. The minimum absolute atomic E-state index is 0.129. The Hall–Kier alpha value is -2.59. The number of sulfonamides is 1. The molecule has 2 aliphatic carbocycles. The second-order valence-electron chi connectivity index (χ2n) is 12.8. The summed E-state index contributed by atoms with van der Waals surface area (Å²) in [6, 6.07) is 11.2. The van der Waals surface area contributed by atoms with Crippen molar-refractivity contribution in [1.82, 2.24) is 10.0 Å². The standard InChI is InChI=1S/C33H42ClN3O5S/c1-21-5-4-7-30(38)28-14-9-24(28)19-37-16-3-2-6-22-17-26(34)11-8-25(22)20-42-31-15-10-23(18-29(31)37)32(39)36-43(40,41)33(21)35-27-12-13-27/h4,7-8,10-11,15,17-18,21,24,27-28,30,33,35,38H,2-3,5-6,9,12-14,16,19-20H2,1H3,(H,36,39)/b7-4-/t21-,24-,28+,30-,33+/m0/s1. The molecule has 0 unspecified atom stereocenters. The first-order valence-electron chi connectivity index (χ1n) is 15.6. The Kier molecular flexibility index (Phi) is 9.06. The van der Waals surface area contributed by atoms with Crippen LogP contribution in [0.5, 0.6) is 5.75 Å². The lowest BCUT2D eigenvalue weighted by molar-refractivity contribution is 0.0461. The van der Waals surface area contributed by atoms with Gasteiger partial charge in [-0.25, -0.2) is 13.1 Å². The number of hydrogen-bond acceptors (Lipinski definition) is 7. The van der Waals surface area contributed by atoms with Gasteiger partial charge in [0.2, 0.25) is 0 Å². The lowest BCUT2D eigenvalue weighted by Gasteiger charge is -2.42. The number of aliphatic hydroxyl groups is 1. The van der Waals surface area contributed by atoms with Gasteiger partial charge in [0, 0.05) is 29.7 Å². The summed E-state index contributed by atoms with van der Waals surface area (Å²) in [5, 5.41) is 14.2. The first kappa shape index (κ1) is 30.4. The first-order valence-corrected chi connectivity index (χ1v) is 17.6. The minimum atomic E-state index is -4.04. The number of nitrogens with zero attached hydrogens (tertiary/aromatic N) is 1. The van der Waals surface area contributed by atoms with E-state index in [1.807, 2.05) is 37.3 Å². The average molecular weight is 628 g/mol. The van der Waals surface area contributed by atoms with E-state index in [9.17, 15) is 18.3 Å². The quantitative estimate of drug-likeness (QED) is 0.394. The van der Waals surface area contributed by atoms with Gasteiger partial charge in [-0.1, -0.05) is 36.7 Å². The molecule has 0 saturated heterocycles. The number of allylic oxidation sites excluding steroid dienone is 1. The van der Waals surface area contributed by atoms with Gasteiger partial charge in [0.05, 0.1) is 11.8 Å². The maximum atomic E-state index is 13.6. The maximum Gasteiger partial charge on any atom is 0.264 e. The van der Waals surface area contributed by atoms with Crippen molar-refractivity contribution in [3.05, 3.63) is 70.3 Å². The molecule has 6 rings (SSSR count). The number of fused-ring (bicyclic) bond motifs is 3. The molecule has 2 saturated carbocycles. The summed E-state index contributed by atoms with van der Waals surface area (Å²) in [5.74, 6) is 0.117. The zero-order valence-corrected chi connectivity index (χ0v) is 26.2. The largest absolute Gasteiger partial charge is 0.487 e. The van der Waals surface area contributed by atoms with E-state index in [2.05, 4.69) is 14.9 Å². The molecule has 10 heteroatoms. The molecule has 2 aliphatic heterocycles. The van der Waals surface area contributed by atoms with Gasteiger partial charge < -0.3 is 14.7 Å². The van der Waals surface area contributed by atoms with Crippen LogP contribution in [0.15, 0.2) is 48.6 Å². The molecule has 2 fully saturated rings. The van der Waals surface area contributed by atoms with Gasteiger partial charge in [0.1, 0.15) is 17.7 Å². The van der Waals surface area contributed by atoms with Crippen LogP contribution in [0, 0.1) is 17.8 Å². The molecule has 1 amide bonds. The van der Waals surface area contributed by atoms with Crippen molar-refractivity contribution in [3.63, 3.8) is 0 Å². The fraction of sp³-hybridized carbons (Fsp3) is 0.545. The van der Waals surface area contributed by atoms with Crippen LogP contribution in [-0.4, -0.2) is 50.0 Å². The Morgan fingerprint density at radius 2 is 1.91 bits per heavy atom. The van der Waals surface area contributed by atoms with Crippen molar-refractivity contribution >= 4 is 33.2 Å². The van der Waals surface area contributed by atoms with E-state index in [0.717, 1.165) is 69.3 Å². The van der Waals surface area contributed by atoms with Crippen molar-refractivity contribution < 1.29 is 23.1 Å². The SMILES string of the molecule is C[C@H]1C/C=C\[C@H](O)[C@@H]2CC[C@H]2CN2CCCCc3cc(Cl)ccc3COc3ccc(cc32)C(=O)NS(=O)(=O)[C@H]1NC1CC1. The molecule has 2 bridgehead atoms. The number of aliphatic hydroxyl groups excluding tert-OH is 1. The average Bonchev–Trinajstić information content (AvgIpc) is 3.78. The number of amides is 1. The Balaban J connectivity index is 1.37. The van der Waals surface area contributed by atoms with Gasteiger partial charge >= 0.3 is 0 Å². The molecular formula is C33H42ClN3O5S. The number of rotatable bonds is 2. The van der Waals surface area contributed by atoms with Crippen molar-refractivity contribution in [1.29, 1.82) is 0 Å². The van der Waals surface area contributed by atoms with E-state index in [4.69, 9.17) is 16.3 Å². The number of ether oxygens (including phenoxy) is 1. The molecular weight excluding hydrogens is 586 g/mol. The van der Waals surface area contributed by atoms with E-state index in [1.165, 1.54) is 5.56 Å². The second-order valence-corrected chi connectivity index (χ2v) is 15.0. The second kappa shape index (κ2) is 12.8. The van der Waals surface area contributed by atoms with Gasteiger partial charge in [0.25, 0.3) is 15.9 Å². The van der Waals surface area contributed by atoms with Gasteiger partial charge in [-0.05, 0) is 111 Å². The summed E-state index contributed by atoms with van der Waals surface area (Å²) in [7, 11) is -4.04. The van der Waals surface area contributed by atoms with Crippen LogP contribution in [0.1, 0.15) is 73.4 Å². The fourth-order valence-corrected chi connectivity index (χ4v) is 8.42. The third-order valence-electron chi connectivity index (χ3n) is 9.51. The molecule has 0 aromatic heterocycles. The molecule has 2 aromatic carbocycles. The highest BCUT2D eigenvalue weighted by Gasteiger charge is 2.39. The maximum absolute atomic E-state index is 13.6. The Bertz CT molecular complexity index is 1480. The summed E-state index contributed by atoms with van der Waals surface area (Å²) >= 11 is 6.31. The van der Waals surface area contributed by atoms with Crippen LogP contribution in [0.3, 0.4) is 0 Å². The van der Waals surface area contributed by atoms with Crippen LogP contribution in [0.2, 0.25) is 5.02 Å². The first-order chi connectivity index (χ1) is 20.7. The number of aryl methyl sites for hydroxylation is 1. The van der Waals surface area contributed by atoms with E-state index in [0.29, 0.717) is 29.7 Å². The summed E-state index contributed by atoms with van der Waals surface area (Å²) < 4.78 is 36.0. The van der Waals surface area contributed by atoms with Crippen LogP contribution in [-0.2, 0) is 23.1 Å². The highest BCUT2D eigenvalue weighted by Crippen LogP contribution is 2.41. The van der Waals surface area contributed by atoms with Crippen molar-refractivity contribution in [2.24, 2.45) is 17.8 Å². The van der Waals surface area contributed by atoms with E-state index in [-0.39, 0.29) is 23.4 Å². The molecule has 5 atom stereocenters. The minimum Gasteiger partial charge on any atom is -0.487 e. The summed E-state index contributed by atoms with van der Waals surface area (Å²) in [6.45, 7) is 3.69. The third kappa shape index (κ3) is 7.06. The normalized spacial score (nSPS) is 30.3. The predicted octanol–water partition coefficient (Wildman–Crippen LogP) is 5.18. The van der Waals surface area contributed by atoms with Crippen LogP contribution in [0.25, 0.3) is 0 Å². The van der Waals surface area contributed by atoms with E-state index < -0.39 is 27.4 Å². The zero-order chi connectivity index (χ0) is 30.1. The number of nitrogens with one attached hydrogen (secondary N) is 2. The lowest BCUT2D eigenvalue weighted by Crippen LogP contribution is -2.50. The smallest absolute Gasteiger partial charge is 0.264 e. The molecule has 8 nitrogen and oxygen atoms in total. The molecule has 4 aliphatic rings. The number of hydrogen-bond donors (Lipinski definition) is 3. The van der Waals surface area contributed by atoms with Crippen molar-refractivity contribution in [2.45, 2.75) is 82.4 Å². The topological polar surface area (TPSA) is 108 Å². The Morgan fingerprint density at radius 1 is 1.07 bits per heavy atom. The van der Waals surface area contributed by atoms with Crippen LogP contribution in [0.4, 0.5) is 5.69 Å². The molecule has 43 heavy (non-hydrogen) atoms. The van der Waals surface area contributed by atoms with Crippen LogP contribution >= 0.6 is 11.6 Å². The number of benzene rings is 2. The lowest BCUT2D eigenvalue weighted by atomic mass is 9.70. The molecule has 2 heterocycles. The van der Waals surface area contributed by atoms with E-state index >= 15 is 0 Å². The highest BCUT2D eigenvalue weighted by molar-refractivity contribution is 7.90. The Morgan fingerprint density at radius 3 is 2.67 bits per heavy atom. The number of halogens is 1. The van der Waals surface area contributed by atoms with Gasteiger partial charge in [0.15, 0.2) is 0 Å². The predicted molar refractivity (Wildman–Crippen MR) is 169 cm³/mol. The number of anilines is 1. The van der Waals surface area contributed by atoms with Crippen molar-refractivity contribution in [2.75, 3.05) is 18.0 Å². The molecule has 232 valence electrons. The molecule has 0 spiro atoms. The Labute approximate surface area is 259 Å². The molecule has 2 aromatic rings. The van der Waals surface area contributed by atoms with Gasteiger partial charge in [-0.15, -0.1) is 0 Å². The van der Waals surface area contributed by atoms with E-state index in [1.54, 1.807) is 18.2 Å².